The molecule has 5 heteroatoms. The van der Waals surface area contributed by atoms with Crippen LogP contribution < -0.4 is 4.90 Å². The van der Waals surface area contributed by atoms with E-state index in [1.807, 2.05) is 18.5 Å². The lowest BCUT2D eigenvalue weighted by molar-refractivity contribution is 0.0101. The van der Waals surface area contributed by atoms with E-state index in [1.165, 1.54) is 25.2 Å². The first-order valence-corrected chi connectivity index (χ1v) is 7.59. The van der Waals surface area contributed by atoms with Gasteiger partial charge < -0.3 is 9.47 Å². The van der Waals surface area contributed by atoms with Gasteiger partial charge in [-0.1, -0.05) is 0 Å². The summed E-state index contributed by atoms with van der Waals surface area (Å²) in [6, 6.07) is 6.21. The third-order valence-corrected chi connectivity index (χ3v) is 4.83. The standard InChI is InChI=1S/C16H21N5/c1-19-8-2-4-14(19)10-20-11-16(12-20)5-9-21(13-16)15-17-6-3-7-18-15/h2-4,6-8H,5,9-13H2,1H3. The summed E-state index contributed by atoms with van der Waals surface area (Å²) in [7, 11) is 2.12. The van der Waals surface area contributed by atoms with Crippen molar-refractivity contribution in [2.24, 2.45) is 12.5 Å². The molecule has 4 rings (SSSR count). The molecule has 0 aromatic carbocycles. The van der Waals surface area contributed by atoms with E-state index < -0.39 is 0 Å². The van der Waals surface area contributed by atoms with E-state index in [2.05, 4.69) is 49.7 Å². The molecule has 2 aromatic rings. The lowest BCUT2D eigenvalue weighted by Gasteiger charge is -2.48. The van der Waals surface area contributed by atoms with Crippen LogP contribution in [0.5, 0.6) is 0 Å². The van der Waals surface area contributed by atoms with Gasteiger partial charge >= 0.3 is 0 Å². The van der Waals surface area contributed by atoms with Crippen molar-refractivity contribution in [2.75, 3.05) is 31.1 Å². The quantitative estimate of drug-likeness (QED) is 0.856. The Hall–Kier alpha value is -1.88. The fourth-order valence-electron chi connectivity index (χ4n) is 3.72. The lowest BCUT2D eigenvalue weighted by Crippen LogP contribution is -2.57. The number of rotatable bonds is 3. The second kappa shape index (κ2) is 4.84. The number of hydrogen-bond acceptors (Lipinski definition) is 4. The van der Waals surface area contributed by atoms with Crippen LogP contribution in [0.1, 0.15) is 12.1 Å². The molecule has 0 saturated carbocycles. The van der Waals surface area contributed by atoms with Gasteiger partial charge in [0.1, 0.15) is 0 Å². The molecular formula is C16H21N5. The molecule has 110 valence electrons. The molecule has 1 spiro atoms. The van der Waals surface area contributed by atoms with Crippen molar-refractivity contribution in [3.8, 4) is 0 Å². The number of nitrogens with zero attached hydrogens (tertiary/aromatic N) is 5. The highest BCUT2D eigenvalue weighted by molar-refractivity contribution is 5.32. The largest absolute Gasteiger partial charge is 0.353 e. The predicted octanol–water partition coefficient (Wildman–Crippen LogP) is 1.53. The Morgan fingerprint density at radius 3 is 2.67 bits per heavy atom. The summed E-state index contributed by atoms with van der Waals surface area (Å²) in [6.07, 6.45) is 7.04. The first-order chi connectivity index (χ1) is 10.2. The highest BCUT2D eigenvalue weighted by Crippen LogP contribution is 2.40. The van der Waals surface area contributed by atoms with Crippen LogP contribution in [0, 0.1) is 5.41 Å². The van der Waals surface area contributed by atoms with Crippen molar-refractivity contribution in [1.82, 2.24) is 19.4 Å². The van der Waals surface area contributed by atoms with Crippen LogP contribution in [0.25, 0.3) is 0 Å². The van der Waals surface area contributed by atoms with Crippen molar-refractivity contribution in [2.45, 2.75) is 13.0 Å². The van der Waals surface area contributed by atoms with E-state index in [4.69, 9.17) is 0 Å². The van der Waals surface area contributed by atoms with Gasteiger partial charge in [-0.05, 0) is 24.6 Å². The monoisotopic (exact) mass is 283 g/mol. The first kappa shape index (κ1) is 12.8. The van der Waals surface area contributed by atoms with Gasteiger partial charge in [0.15, 0.2) is 0 Å². The van der Waals surface area contributed by atoms with E-state index in [0.29, 0.717) is 5.41 Å². The second-order valence-corrected chi connectivity index (χ2v) is 6.48. The number of anilines is 1. The summed E-state index contributed by atoms with van der Waals surface area (Å²) in [6.45, 7) is 5.64. The molecule has 2 aliphatic heterocycles. The molecule has 0 aliphatic carbocycles. The molecule has 21 heavy (non-hydrogen) atoms. The molecule has 0 bridgehead atoms. The lowest BCUT2D eigenvalue weighted by atomic mass is 9.79. The predicted molar refractivity (Wildman–Crippen MR) is 82.0 cm³/mol. The van der Waals surface area contributed by atoms with Crippen molar-refractivity contribution >= 4 is 5.95 Å². The number of aryl methyl sites for hydroxylation is 1. The van der Waals surface area contributed by atoms with Crippen LogP contribution in [0.2, 0.25) is 0 Å². The van der Waals surface area contributed by atoms with Crippen LogP contribution in [0.15, 0.2) is 36.8 Å². The number of hydrogen-bond donors (Lipinski definition) is 0. The fraction of sp³-hybridized carbons (Fsp3) is 0.500. The van der Waals surface area contributed by atoms with Gasteiger partial charge in [-0.25, -0.2) is 9.97 Å². The van der Waals surface area contributed by atoms with Gasteiger partial charge in [-0.15, -0.1) is 0 Å². The van der Waals surface area contributed by atoms with E-state index in [1.54, 1.807) is 0 Å². The van der Waals surface area contributed by atoms with Crippen molar-refractivity contribution in [1.29, 1.82) is 0 Å². The highest BCUT2D eigenvalue weighted by Gasteiger charge is 2.47. The van der Waals surface area contributed by atoms with Crippen LogP contribution >= 0.6 is 0 Å². The van der Waals surface area contributed by atoms with Gasteiger partial charge in [0, 0.05) is 69.5 Å². The first-order valence-electron chi connectivity index (χ1n) is 7.59. The van der Waals surface area contributed by atoms with Gasteiger partial charge in [-0.2, -0.15) is 0 Å². The molecule has 2 saturated heterocycles. The van der Waals surface area contributed by atoms with Crippen molar-refractivity contribution in [3.63, 3.8) is 0 Å². The molecule has 2 aromatic heterocycles. The maximum Gasteiger partial charge on any atom is 0.225 e. The molecule has 5 nitrogen and oxygen atoms in total. The van der Waals surface area contributed by atoms with E-state index in [-0.39, 0.29) is 0 Å². The Kier molecular flexibility index (Phi) is 2.96. The molecular weight excluding hydrogens is 262 g/mol. The average Bonchev–Trinajstić information content (AvgIpc) is 3.07. The molecule has 0 radical (unpaired) electrons. The molecule has 4 heterocycles. The van der Waals surface area contributed by atoms with Gasteiger partial charge in [0.2, 0.25) is 5.95 Å². The van der Waals surface area contributed by atoms with E-state index in [9.17, 15) is 0 Å². The van der Waals surface area contributed by atoms with Gasteiger partial charge in [-0.3, -0.25) is 4.90 Å². The summed E-state index contributed by atoms with van der Waals surface area (Å²) in [5.41, 5.74) is 1.86. The van der Waals surface area contributed by atoms with E-state index >= 15 is 0 Å². The maximum atomic E-state index is 4.37. The smallest absolute Gasteiger partial charge is 0.225 e. The third kappa shape index (κ3) is 2.31. The van der Waals surface area contributed by atoms with Gasteiger partial charge in [0.05, 0.1) is 0 Å². The minimum Gasteiger partial charge on any atom is -0.353 e. The summed E-state index contributed by atoms with van der Waals surface area (Å²) < 4.78 is 2.21. The Labute approximate surface area is 125 Å². The molecule has 0 unspecified atom stereocenters. The maximum absolute atomic E-state index is 4.37. The minimum atomic E-state index is 0.463. The van der Waals surface area contributed by atoms with Crippen LogP contribution in [0.3, 0.4) is 0 Å². The van der Waals surface area contributed by atoms with Gasteiger partial charge in [0.25, 0.3) is 0 Å². The molecule has 2 aliphatic rings. The molecule has 0 amide bonds. The Morgan fingerprint density at radius 2 is 1.95 bits per heavy atom. The second-order valence-electron chi connectivity index (χ2n) is 6.48. The minimum absolute atomic E-state index is 0.463. The van der Waals surface area contributed by atoms with Crippen LogP contribution in [-0.4, -0.2) is 45.6 Å². The zero-order valence-corrected chi connectivity index (χ0v) is 12.4. The van der Waals surface area contributed by atoms with Crippen LogP contribution in [0.4, 0.5) is 5.95 Å². The highest BCUT2D eigenvalue weighted by atomic mass is 15.3. The fourth-order valence-corrected chi connectivity index (χ4v) is 3.72. The van der Waals surface area contributed by atoms with E-state index in [0.717, 1.165) is 25.6 Å². The summed E-state index contributed by atoms with van der Waals surface area (Å²) in [5.74, 6) is 0.884. The zero-order chi connectivity index (χ0) is 14.3. The summed E-state index contributed by atoms with van der Waals surface area (Å²) in [5, 5.41) is 0. The topological polar surface area (TPSA) is 37.2 Å². The zero-order valence-electron chi connectivity index (χ0n) is 12.4. The molecule has 0 atom stereocenters. The Morgan fingerprint density at radius 1 is 1.14 bits per heavy atom. The average molecular weight is 283 g/mol. The normalized spacial score (nSPS) is 20.9. The Bertz CT molecular complexity index is 615. The van der Waals surface area contributed by atoms with Crippen LogP contribution in [-0.2, 0) is 13.6 Å². The van der Waals surface area contributed by atoms with Crippen molar-refractivity contribution in [3.05, 3.63) is 42.5 Å². The molecule has 0 N–H and O–H groups in total. The number of likely N-dealkylation sites (tertiary alicyclic amines) is 1. The summed E-state index contributed by atoms with van der Waals surface area (Å²) >= 11 is 0. The summed E-state index contributed by atoms with van der Waals surface area (Å²) in [4.78, 5) is 13.6. The third-order valence-electron chi connectivity index (χ3n) is 4.83. The molecule has 2 fully saturated rings. The number of aromatic nitrogens is 3. The Balaban J connectivity index is 1.36. The van der Waals surface area contributed by atoms with Crippen molar-refractivity contribution < 1.29 is 0 Å². The SMILES string of the molecule is Cn1cccc1CN1CC2(CCN(c3ncccn3)C2)C1.